The van der Waals surface area contributed by atoms with Crippen LogP contribution in [0.5, 0.6) is 0 Å². The molecule has 1 aliphatic rings. The molecule has 1 fully saturated rings. The summed E-state index contributed by atoms with van der Waals surface area (Å²) in [6.45, 7) is 5.75. The van der Waals surface area contributed by atoms with Gasteiger partial charge in [0.1, 0.15) is 0 Å². The number of barbiturate groups is 1. The maximum Gasteiger partial charge on any atom is 0.331 e. The summed E-state index contributed by atoms with van der Waals surface area (Å²) in [5.74, 6) is -2.06. The van der Waals surface area contributed by atoms with E-state index in [0.717, 1.165) is 4.90 Å². The molecular formula is C10H15N3O4. The quantitative estimate of drug-likeness (QED) is 0.629. The number of hydrogen-bond donors (Lipinski definition) is 2. The minimum Gasteiger partial charge on any atom is -0.335 e. The Hall–Kier alpha value is -1.92. The molecule has 0 aliphatic carbocycles. The summed E-state index contributed by atoms with van der Waals surface area (Å²) in [5, 5.41) is 4.32. The summed E-state index contributed by atoms with van der Waals surface area (Å²) in [4.78, 5) is 47.1. The van der Waals surface area contributed by atoms with Gasteiger partial charge in [-0.05, 0) is 20.8 Å². The predicted molar refractivity (Wildman–Crippen MR) is 57.7 cm³/mol. The van der Waals surface area contributed by atoms with Crippen LogP contribution in [0, 0.1) is 0 Å². The zero-order valence-electron chi connectivity index (χ0n) is 10.2. The van der Waals surface area contributed by atoms with Gasteiger partial charge in [0, 0.05) is 13.0 Å². The number of carbonyl (C=O) groups is 4. The lowest BCUT2D eigenvalue weighted by atomic mass is 9.96. The summed E-state index contributed by atoms with van der Waals surface area (Å²) < 4.78 is 0. The first-order valence-corrected chi connectivity index (χ1v) is 5.18. The second kappa shape index (κ2) is 4.15. The molecule has 0 saturated carbocycles. The van der Waals surface area contributed by atoms with Crippen molar-refractivity contribution in [2.45, 2.75) is 39.3 Å². The number of rotatable bonds is 2. The Kier molecular flexibility index (Phi) is 3.21. The number of amides is 5. The van der Waals surface area contributed by atoms with E-state index in [2.05, 4.69) is 5.32 Å². The molecule has 5 amide bonds. The third-order valence-corrected chi connectivity index (χ3v) is 2.48. The van der Waals surface area contributed by atoms with Crippen LogP contribution in [0.25, 0.3) is 0 Å². The highest BCUT2D eigenvalue weighted by Crippen LogP contribution is 2.17. The average molecular weight is 241 g/mol. The fourth-order valence-electron chi connectivity index (χ4n) is 1.64. The topological polar surface area (TPSA) is 95.6 Å². The van der Waals surface area contributed by atoms with E-state index in [9.17, 15) is 19.2 Å². The van der Waals surface area contributed by atoms with Crippen molar-refractivity contribution >= 4 is 23.8 Å². The van der Waals surface area contributed by atoms with E-state index in [1.54, 1.807) is 13.8 Å². The van der Waals surface area contributed by atoms with Crippen molar-refractivity contribution in [3.05, 3.63) is 0 Å². The van der Waals surface area contributed by atoms with Crippen LogP contribution in [-0.2, 0) is 14.4 Å². The van der Waals surface area contributed by atoms with Crippen molar-refractivity contribution in [1.29, 1.82) is 0 Å². The minimum atomic E-state index is -1.73. The second-order valence-electron chi connectivity index (χ2n) is 4.33. The van der Waals surface area contributed by atoms with Crippen LogP contribution in [-0.4, -0.2) is 40.2 Å². The van der Waals surface area contributed by atoms with Gasteiger partial charge in [-0.15, -0.1) is 0 Å². The molecule has 1 aliphatic heterocycles. The van der Waals surface area contributed by atoms with Crippen LogP contribution >= 0.6 is 0 Å². The highest BCUT2D eigenvalue weighted by atomic mass is 16.2. The number of imide groups is 2. The molecule has 17 heavy (non-hydrogen) atoms. The van der Waals surface area contributed by atoms with E-state index in [0.29, 0.717) is 0 Å². The first kappa shape index (κ1) is 13.1. The molecule has 2 N–H and O–H groups in total. The first-order valence-electron chi connectivity index (χ1n) is 5.18. The molecule has 1 saturated heterocycles. The number of nitrogens with one attached hydrogen (secondary N) is 2. The Morgan fingerprint density at radius 1 is 1.35 bits per heavy atom. The minimum absolute atomic E-state index is 0.399. The summed E-state index contributed by atoms with van der Waals surface area (Å²) in [5.41, 5.74) is -1.73. The molecule has 1 unspecified atom stereocenters. The fourth-order valence-corrected chi connectivity index (χ4v) is 1.64. The second-order valence-corrected chi connectivity index (χ2v) is 4.33. The number of urea groups is 1. The largest absolute Gasteiger partial charge is 0.335 e. The van der Waals surface area contributed by atoms with Crippen molar-refractivity contribution < 1.29 is 19.2 Å². The van der Waals surface area contributed by atoms with E-state index in [1.807, 2.05) is 5.32 Å². The van der Waals surface area contributed by atoms with Gasteiger partial charge in [0.2, 0.25) is 5.91 Å². The van der Waals surface area contributed by atoms with Crippen molar-refractivity contribution in [3.8, 4) is 0 Å². The average Bonchev–Trinajstić information content (AvgIpc) is 2.13. The lowest BCUT2D eigenvalue weighted by molar-refractivity contribution is -0.149. The first-order chi connectivity index (χ1) is 7.70. The molecule has 1 heterocycles. The van der Waals surface area contributed by atoms with Gasteiger partial charge in [0.05, 0.1) is 0 Å². The Labute approximate surface area is 98.5 Å². The molecule has 1 atom stereocenters. The summed E-state index contributed by atoms with van der Waals surface area (Å²) in [6, 6.07) is -1.17. The van der Waals surface area contributed by atoms with E-state index in [-0.39, 0.29) is 0 Å². The SMILES string of the molecule is CC(=O)NC1(C)C(=O)NC(=O)N(C(C)C)C1=O. The van der Waals surface area contributed by atoms with Crippen LogP contribution < -0.4 is 10.6 Å². The van der Waals surface area contributed by atoms with Gasteiger partial charge in [-0.25, -0.2) is 4.79 Å². The molecule has 0 spiro atoms. The van der Waals surface area contributed by atoms with Crippen molar-refractivity contribution in [2.24, 2.45) is 0 Å². The molecular weight excluding hydrogens is 226 g/mol. The number of hydrogen-bond acceptors (Lipinski definition) is 4. The Morgan fingerprint density at radius 3 is 2.29 bits per heavy atom. The highest BCUT2D eigenvalue weighted by Gasteiger charge is 2.51. The van der Waals surface area contributed by atoms with Gasteiger partial charge in [0.15, 0.2) is 5.54 Å². The van der Waals surface area contributed by atoms with Gasteiger partial charge in [-0.2, -0.15) is 0 Å². The van der Waals surface area contributed by atoms with E-state index >= 15 is 0 Å². The monoisotopic (exact) mass is 241 g/mol. The molecule has 0 radical (unpaired) electrons. The van der Waals surface area contributed by atoms with E-state index in [1.165, 1.54) is 13.8 Å². The zero-order valence-corrected chi connectivity index (χ0v) is 10.2. The normalized spacial score (nSPS) is 25.0. The molecule has 0 aromatic heterocycles. The standard InChI is InChI=1S/C10H15N3O4/c1-5(2)13-8(16)10(4,12-6(3)14)7(15)11-9(13)17/h5H,1-4H3,(H,12,14)(H,11,15,17). The third kappa shape index (κ3) is 2.13. The molecule has 0 aromatic rings. The zero-order chi connectivity index (χ0) is 13.4. The van der Waals surface area contributed by atoms with Crippen LogP contribution in [0.4, 0.5) is 4.79 Å². The predicted octanol–water partition coefficient (Wildman–Crippen LogP) is -0.632. The number of nitrogens with zero attached hydrogens (tertiary/aromatic N) is 1. The van der Waals surface area contributed by atoms with Crippen molar-refractivity contribution in [2.75, 3.05) is 0 Å². The molecule has 1 rings (SSSR count). The van der Waals surface area contributed by atoms with Gasteiger partial charge in [0.25, 0.3) is 11.8 Å². The van der Waals surface area contributed by atoms with Crippen LogP contribution in [0.3, 0.4) is 0 Å². The summed E-state index contributed by atoms with van der Waals surface area (Å²) in [7, 11) is 0. The maximum atomic E-state index is 12.1. The smallest absolute Gasteiger partial charge is 0.331 e. The molecule has 0 aromatic carbocycles. The summed E-state index contributed by atoms with van der Waals surface area (Å²) >= 11 is 0. The lowest BCUT2D eigenvalue weighted by Crippen LogP contribution is -2.73. The Balaban J connectivity index is 3.14. The Morgan fingerprint density at radius 2 is 1.88 bits per heavy atom. The van der Waals surface area contributed by atoms with Crippen molar-refractivity contribution in [1.82, 2.24) is 15.5 Å². The lowest BCUT2D eigenvalue weighted by Gasteiger charge is -2.38. The van der Waals surface area contributed by atoms with Gasteiger partial charge >= 0.3 is 6.03 Å². The molecule has 7 nitrogen and oxygen atoms in total. The van der Waals surface area contributed by atoms with Crippen LogP contribution in [0.15, 0.2) is 0 Å². The third-order valence-electron chi connectivity index (χ3n) is 2.48. The fraction of sp³-hybridized carbons (Fsp3) is 0.600. The molecule has 7 heteroatoms. The van der Waals surface area contributed by atoms with E-state index in [4.69, 9.17) is 0 Å². The van der Waals surface area contributed by atoms with Gasteiger partial charge < -0.3 is 5.32 Å². The van der Waals surface area contributed by atoms with Gasteiger partial charge in [-0.3, -0.25) is 24.6 Å². The van der Waals surface area contributed by atoms with Crippen LogP contribution in [0.1, 0.15) is 27.7 Å². The highest BCUT2D eigenvalue weighted by molar-refractivity contribution is 6.23. The molecule has 94 valence electrons. The van der Waals surface area contributed by atoms with Gasteiger partial charge in [-0.1, -0.05) is 0 Å². The maximum absolute atomic E-state index is 12.1. The number of carbonyl (C=O) groups excluding carboxylic acids is 4. The van der Waals surface area contributed by atoms with E-state index < -0.39 is 35.3 Å². The van der Waals surface area contributed by atoms with Crippen molar-refractivity contribution in [3.63, 3.8) is 0 Å². The van der Waals surface area contributed by atoms with Crippen LogP contribution in [0.2, 0.25) is 0 Å². The Bertz CT molecular complexity index is 404. The molecule has 0 bridgehead atoms. The summed E-state index contributed by atoms with van der Waals surface area (Å²) in [6.07, 6.45) is 0.